The van der Waals surface area contributed by atoms with Crippen molar-refractivity contribution in [3.63, 3.8) is 0 Å². The molecule has 2 saturated carbocycles. The van der Waals surface area contributed by atoms with Crippen LogP contribution in [0.3, 0.4) is 0 Å². The lowest BCUT2D eigenvalue weighted by molar-refractivity contribution is 0.0280. The summed E-state index contributed by atoms with van der Waals surface area (Å²) in [4.78, 5) is 0. The Bertz CT molecular complexity index is 357. The summed E-state index contributed by atoms with van der Waals surface area (Å²) in [5.41, 5.74) is 0.671. The van der Waals surface area contributed by atoms with Gasteiger partial charge in [0.25, 0.3) is 0 Å². The zero-order chi connectivity index (χ0) is 15.8. The molecule has 2 nitrogen and oxygen atoms in total. The Balaban J connectivity index is 1.98. The van der Waals surface area contributed by atoms with Crippen LogP contribution in [0.25, 0.3) is 0 Å². The van der Waals surface area contributed by atoms with Crippen LogP contribution in [0.4, 0.5) is 0 Å². The Kier molecular flexibility index (Phi) is 7.65. The van der Waals surface area contributed by atoms with Gasteiger partial charge < -0.3 is 10.1 Å². The summed E-state index contributed by atoms with van der Waals surface area (Å²) in [6, 6.07) is 0. The number of ether oxygens (including phenoxy) is 1. The van der Waals surface area contributed by atoms with Crippen LogP contribution in [0.1, 0.15) is 77.6 Å². The number of allylic oxidation sites excluding steroid dienone is 2. The smallest absolute Gasteiger partial charge is 0.0605 e. The van der Waals surface area contributed by atoms with Crippen LogP contribution in [0.15, 0.2) is 12.2 Å². The first-order chi connectivity index (χ1) is 10.7. The molecule has 2 unspecified atom stereocenters. The van der Waals surface area contributed by atoms with E-state index in [1.54, 1.807) is 0 Å². The molecule has 2 rings (SSSR count). The van der Waals surface area contributed by atoms with Gasteiger partial charge in [0.1, 0.15) is 0 Å². The molecule has 0 amide bonds. The van der Waals surface area contributed by atoms with Crippen molar-refractivity contribution in [3.8, 4) is 0 Å². The van der Waals surface area contributed by atoms with Crippen molar-refractivity contribution < 1.29 is 4.74 Å². The predicted octanol–water partition coefficient (Wildman–Crippen LogP) is 5.76. The summed E-state index contributed by atoms with van der Waals surface area (Å²) in [6.45, 7) is 1.87. The SMILES string of the molecule is CO[C@@H]1CCCCC(/C=C/C(C)=N)C1CCC1CCCCC1. The van der Waals surface area contributed by atoms with Gasteiger partial charge in [0.05, 0.1) is 6.10 Å². The van der Waals surface area contributed by atoms with Crippen LogP contribution in [-0.2, 0) is 4.74 Å². The van der Waals surface area contributed by atoms with E-state index in [4.69, 9.17) is 10.1 Å². The van der Waals surface area contributed by atoms with Gasteiger partial charge in [-0.25, -0.2) is 0 Å². The first-order valence-electron chi connectivity index (χ1n) is 9.47. The lowest BCUT2D eigenvalue weighted by atomic mass is 9.78. The van der Waals surface area contributed by atoms with E-state index < -0.39 is 0 Å². The molecule has 1 N–H and O–H groups in total. The fourth-order valence-electron chi connectivity index (χ4n) is 4.53. The fraction of sp³-hybridized carbons (Fsp3) is 0.850. The Hall–Kier alpha value is -0.630. The highest BCUT2D eigenvalue weighted by molar-refractivity contribution is 5.89. The molecule has 0 heterocycles. The molecule has 0 spiro atoms. The van der Waals surface area contributed by atoms with E-state index in [-0.39, 0.29) is 0 Å². The number of methoxy groups -OCH3 is 1. The predicted molar refractivity (Wildman–Crippen MR) is 94.6 cm³/mol. The van der Waals surface area contributed by atoms with Gasteiger partial charge in [-0.05, 0) is 50.0 Å². The van der Waals surface area contributed by atoms with Gasteiger partial charge >= 0.3 is 0 Å². The Morgan fingerprint density at radius 3 is 2.36 bits per heavy atom. The summed E-state index contributed by atoms with van der Waals surface area (Å²) in [5, 5.41) is 7.67. The van der Waals surface area contributed by atoms with Gasteiger partial charge in [-0.1, -0.05) is 57.4 Å². The van der Waals surface area contributed by atoms with Gasteiger partial charge in [0.2, 0.25) is 0 Å². The zero-order valence-corrected chi connectivity index (χ0v) is 14.7. The number of hydrogen-bond acceptors (Lipinski definition) is 2. The summed E-state index contributed by atoms with van der Waals surface area (Å²) in [6.07, 6.45) is 19.8. The van der Waals surface area contributed by atoms with E-state index in [0.29, 0.717) is 23.7 Å². The van der Waals surface area contributed by atoms with Crippen molar-refractivity contribution >= 4 is 5.71 Å². The Morgan fingerprint density at radius 1 is 1.00 bits per heavy atom. The van der Waals surface area contributed by atoms with E-state index in [9.17, 15) is 0 Å². The molecule has 0 aromatic heterocycles. The minimum atomic E-state index is 0.423. The maximum atomic E-state index is 7.67. The van der Waals surface area contributed by atoms with Crippen molar-refractivity contribution in [1.29, 1.82) is 5.41 Å². The minimum Gasteiger partial charge on any atom is -0.381 e. The van der Waals surface area contributed by atoms with Crippen molar-refractivity contribution in [1.82, 2.24) is 0 Å². The first-order valence-corrected chi connectivity index (χ1v) is 9.47. The third-order valence-corrected chi connectivity index (χ3v) is 5.83. The molecule has 3 atom stereocenters. The molecule has 2 heteroatoms. The maximum absolute atomic E-state index is 7.67. The second-order valence-corrected chi connectivity index (χ2v) is 7.51. The molecule has 2 aliphatic rings. The largest absolute Gasteiger partial charge is 0.381 e. The number of rotatable bonds is 6. The monoisotopic (exact) mass is 305 g/mol. The Morgan fingerprint density at radius 2 is 1.68 bits per heavy atom. The Labute approximate surface area is 137 Å². The normalized spacial score (nSPS) is 31.3. The van der Waals surface area contributed by atoms with Crippen LogP contribution in [-0.4, -0.2) is 18.9 Å². The van der Waals surface area contributed by atoms with Crippen LogP contribution in [0, 0.1) is 23.2 Å². The maximum Gasteiger partial charge on any atom is 0.0605 e. The van der Waals surface area contributed by atoms with Gasteiger partial charge in [0.15, 0.2) is 0 Å². The molecule has 126 valence electrons. The van der Waals surface area contributed by atoms with E-state index in [1.165, 1.54) is 70.6 Å². The topological polar surface area (TPSA) is 33.1 Å². The highest BCUT2D eigenvalue weighted by Crippen LogP contribution is 2.37. The highest BCUT2D eigenvalue weighted by atomic mass is 16.5. The van der Waals surface area contributed by atoms with Gasteiger partial charge in [-0.15, -0.1) is 0 Å². The zero-order valence-electron chi connectivity index (χ0n) is 14.7. The van der Waals surface area contributed by atoms with E-state index in [1.807, 2.05) is 20.1 Å². The second-order valence-electron chi connectivity index (χ2n) is 7.51. The van der Waals surface area contributed by atoms with Crippen LogP contribution in [0.5, 0.6) is 0 Å². The second kappa shape index (κ2) is 9.50. The first kappa shape index (κ1) is 17.7. The highest BCUT2D eigenvalue weighted by Gasteiger charge is 2.30. The molecule has 2 aliphatic carbocycles. The van der Waals surface area contributed by atoms with Crippen LogP contribution >= 0.6 is 0 Å². The molecule has 22 heavy (non-hydrogen) atoms. The lowest BCUT2D eigenvalue weighted by Gasteiger charge is -2.31. The standard InChI is InChI=1S/C20H35NO/c1-16(21)12-14-18-10-6-7-11-20(22-2)19(18)15-13-17-8-4-3-5-9-17/h12,14,17-21H,3-11,13,15H2,1-2H3/b14-12+,21-16?/t18?,19?,20-/m1/s1. The molecule has 0 saturated heterocycles. The third-order valence-electron chi connectivity index (χ3n) is 5.83. The lowest BCUT2D eigenvalue weighted by Crippen LogP contribution is -2.28. The number of hydrogen-bond donors (Lipinski definition) is 1. The minimum absolute atomic E-state index is 0.423. The molecule has 2 fully saturated rings. The van der Waals surface area contributed by atoms with Crippen LogP contribution < -0.4 is 0 Å². The molecule has 0 aromatic rings. The summed E-state index contributed by atoms with van der Waals surface area (Å²) in [5.74, 6) is 2.23. The average molecular weight is 306 g/mol. The van der Waals surface area contributed by atoms with E-state index in [0.717, 1.165) is 5.92 Å². The van der Waals surface area contributed by atoms with Gasteiger partial charge in [-0.2, -0.15) is 0 Å². The molecular formula is C20H35NO. The van der Waals surface area contributed by atoms with Crippen LogP contribution in [0.2, 0.25) is 0 Å². The molecular weight excluding hydrogens is 270 g/mol. The van der Waals surface area contributed by atoms with Crippen molar-refractivity contribution in [2.24, 2.45) is 17.8 Å². The van der Waals surface area contributed by atoms with E-state index >= 15 is 0 Å². The number of nitrogens with one attached hydrogen (secondary N) is 1. The summed E-state index contributed by atoms with van der Waals surface area (Å²) >= 11 is 0. The summed E-state index contributed by atoms with van der Waals surface area (Å²) in [7, 11) is 1.90. The van der Waals surface area contributed by atoms with Gasteiger partial charge in [-0.3, -0.25) is 0 Å². The molecule has 0 aromatic carbocycles. The quantitative estimate of drug-likeness (QED) is 0.491. The van der Waals surface area contributed by atoms with E-state index in [2.05, 4.69) is 6.08 Å². The van der Waals surface area contributed by atoms with Gasteiger partial charge in [0, 0.05) is 12.8 Å². The fourth-order valence-corrected chi connectivity index (χ4v) is 4.53. The average Bonchev–Trinajstić information content (AvgIpc) is 2.73. The van der Waals surface area contributed by atoms with Crippen molar-refractivity contribution in [2.75, 3.05) is 7.11 Å². The molecule has 0 bridgehead atoms. The molecule has 0 radical (unpaired) electrons. The molecule has 0 aliphatic heterocycles. The van der Waals surface area contributed by atoms with Crippen molar-refractivity contribution in [2.45, 2.75) is 83.7 Å². The third kappa shape index (κ3) is 5.53. The summed E-state index contributed by atoms with van der Waals surface area (Å²) < 4.78 is 5.87. The van der Waals surface area contributed by atoms with Crippen molar-refractivity contribution in [3.05, 3.63) is 12.2 Å².